The standard InChI is InChI=1S/C15H23N3O5S2/c1-4-25(22,23)18-7-5-6-11(8-18)13(19)16-10(3)14-17-9(2)12(24-14)15(20)21/h10-11H,4-8H2,1-3H3,(H,16,19)(H,20,21). The molecule has 140 valence electrons. The summed E-state index contributed by atoms with van der Waals surface area (Å²) in [6.45, 7) is 5.58. The van der Waals surface area contributed by atoms with Gasteiger partial charge in [0.1, 0.15) is 9.88 Å². The van der Waals surface area contributed by atoms with Crippen molar-refractivity contribution in [3.05, 3.63) is 15.6 Å². The molecule has 1 aromatic rings. The quantitative estimate of drug-likeness (QED) is 0.759. The van der Waals surface area contributed by atoms with E-state index < -0.39 is 28.0 Å². The minimum atomic E-state index is -3.30. The van der Waals surface area contributed by atoms with Gasteiger partial charge in [-0.1, -0.05) is 0 Å². The molecule has 0 aliphatic carbocycles. The molecule has 0 radical (unpaired) electrons. The van der Waals surface area contributed by atoms with Gasteiger partial charge in [0.15, 0.2) is 0 Å². The van der Waals surface area contributed by atoms with Crippen LogP contribution in [0, 0.1) is 12.8 Å². The van der Waals surface area contributed by atoms with Crippen molar-refractivity contribution >= 4 is 33.2 Å². The third kappa shape index (κ3) is 4.56. The molecular formula is C15H23N3O5S2. The van der Waals surface area contributed by atoms with Gasteiger partial charge in [-0.25, -0.2) is 22.5 Å². The van der Waals surface area contributed by atoms with Crippen LogP contribution in [0.4, 0.5) is 0 Å². The van der Waals surface area contributed by atoms with Crippen molar-refractivity contribution in [2.24, 2.45) is 5.92 Å². The summed E-state index contributed by atoms with van der Waals surface area (Å²) in [6, 6.07) is -0.428. The van der Waals surface area contributed by atoms with Crippen molar-refractivity contribution in [2.45, 2.75) is 39.7 Å². The number of nitrogens with one attached hydrogen (secondary N) is 1. The van der Waals surface area contributed by atoms with Crippen molar-refractivity contribution in [3.8, 4) is 0 Å². The lowest BCUT2D eigenvalue weighted by Gasteiger charge is -2.31. The van der Waals surface area contributed by atoms with E-state index in [-0.39, 0.29) is 23.1 Å². The van der Waals surface area contributed by atoms with Gasteiger partial charge in [0.2, 0.25) is 15.9 Å². The molecule has 1 aliphatic rings. The number of carboxylic acid groups (broad SMARTS) is 1. The molecule has 1 aliphatic heterocycles. The Bertz CT molecular complexity index is 759. The van der Waals surface area contributed by atoms with Gasteiger partial charge in [0, 0.05) is 13.1 Å². The topological polar surface area (TPSA) is 117 Å². The number of hydrogen-bond donors (Lipinski definition) is 2. The van der Waals surface area contributed by atoms with Gasteiger partial charge in [-0.2, -0.15) is 0 Å². The lowest BCUT2D eigenvalue weighted by atomic mass is 9.98. The van der Waals surface area contributed by atoms with Crippen LogP contribution in [0.15, 0.2) is 0 Å². The Morgan fingerprint density at radius 3 is 2.72 bits per heavy atom. The van der Waals surface area contributed by atoms with Gasteiger partial charge in [-0.05, 0) is 33.6 Å². The number of aromatic nitrogens is 1. The molecule has 0 spiro atoms. The molecule has 2 unspecified atom stereocenters. The Morgan fingerprint density at radius 2 is 2.16 bits per heavy atom. The number of carboxylic acids is 1. The van der Waals surface area contributed by atoms with E-state index in [4.69, 9.17) is 5.11 Å². The van der Waals surface area contributed by atoms with Gasteiger partial charge >= 0.3 is 5.97 Å². The predicted molar refractivity (Wildman–Crippen MR) is 94.1 cm³/mol. The van der Waals surface area contributed by atoms with Crippen LogP contribution in [0.25, 0.3) is 0 Å². The highest BCUT2D eigenvalue weighted by Crippen LogP contribution is 2.25. The number of carbonyl (C=O) groups excluding carboxylic acids is 1. The van der Waals surface area contributed by atoms with Gasteiger partial charge in [0.05, 0.1) is 23.4 Å². The van der Waals surface area contributed by atoms with Crippen LogP contribution in [0.3, 0.4) is 0 Å². The number of nitrogens with zero attached hydrogens (tertiary/aromatic N) is 2. The summed E-state index contributed by atoms with van der Waals surface area (Å²) < 4.78 is 25.4. The third-order valence-electron chi connectivity index (χ3n) is 4.25. The Balaban J connectivity index is 2.03. The average molecular weight is 389 g/mol. The molecule has 0 aromatic carbocycles. The maximum atomic E-state index is 12.5. The number of rotatable bonds is 6. The lowest BCUT2D eigenvalue weighted by molar-refractivity contribution is -0.126. The fraction of sp³-hybridized carbons (Fsp3) is 0.667. The molecule has 10 heteroatoms. The second-order valence-corrected chi connectivity index (χ2v) is 9.39. The maximum absolute atomic E-state index is 12.5. The van der Waals surface area contributed by atoms with Crippen molar-refractivity contribution in [3.63, 3.8) is 0 Å². The van der Waals surface area contributed by atoms with E-state index >= 15 is 0 Å². The second kappa shape index (κ2) is 7.79. The summed E-state index contributed by atoms with van der Waals surface area (Å²) in [6.07, 6.45) is 1.27. The molecule has 0 saturated carbocycles. The van der Waals surface area contributed by atoms with Crippen LogP contribution in [0.5, 0.6) is 0 Å². The fourth-order valence-electron chi connectivity index (χ4n) is 2.79. The molecule has 2 heterocycles. The Morgan fingerprint density at radius 1 is 1.48 bits per heavy atom. The highest BCUT2D eigenvalue weighted by molar-refractivity contribution is 7.89. The average Bonchev–Trinajstić information content (AvgIpc) is 2.97. The third-order valence-corrected chi connectivity index (χ3v) is 7.43. The number of amides is 1. The van der Waals surface area contributed by atoms with E-state index in [0.29, 0.717) is 30.1 Å². The van der Waals surface area contributed by atoms with E-state index in [1.165, 1.54) is 4.31 Å². The Hall–Kier alpha value is -1.52. The molecular weight excluding hydrogens is 366 g/mol. The minimum Gasteiger partial charge on any atom is -0.477 e. The Kier molecular flexibility index (Phi) is 6.17. The van der Waals surface area contributed by atoms with Crippen molar-refractivity contribution in [2.75, 3.05) is 18.8 Å². The Labute approximate surface area is 151 Å². The summed E-state index contributed by atoms with van der Waals surface area (Å²) in [5, 5.41) is 12.5. The van der Waals surface area contributed by atoms with Crippen molar-refractivity contribution < 1.29 is 23.1 Å². The molecule has 2 rings (SSSR count). The zero-order valence-corrected chi connectivity index (χ0v) is 16.1. The summed E-state index contributed by atoms with van der Waals surface area (Å²) in [5.74, 6) is -1.65. The monoisotopic (exact) mass is 389 g/mol. The molecule has 1 saturated heterocycles. The zero-order valence-electron chi connectivity index (χ0n) is 14.5. The first-order valence-electron chi connectivity index (χ1n) is 8.14. The molecule has 0 bridgehead atoms. The van der Waals surface area contributed by atoms with Gasteiger partial charge in [-0.3, -0.25) is 4.79 Å². The number of thiazole rings is 1. The summed E-state index contributed by atoms with van der Waals surface area (Å²) in [7, 11) is -3.30. The number of sulfonamides is 1. The van der Waals surface area contributed by atoms with Crippen LogP contribution in [0.1, 0.15) is 53.1 Å². The molecule has 25 heavy (non-hydrogen) atoms. The number of carbonyl (C=O) groups is 2. The number of aryl methyl sites for hydroxylation is 1. The molecule has 1 fully saturated rings. The predicted octanol–water partition coefficient (Wildman–Crippen LogP) is 1.39. The highest BCUT2D eigenvalue weighted by Gasteiger charge is 2.32. The zero-order chi connectivity index (χ0) is 18.8. The van der Waals surface area contributed by atoms with E-state index in [9.17, 15) is 18.0 Å². The van der Waals surface area contributed by atoms with E-state index in [1.54, 1.807) is 20.8 Å². The number of piperidine rings is 1. The molecule has 1 amide bonds. The summed E-state index contributed by atoms with van der Waals surface area (Å²) in [5.41, 5.74) is 0.423. The fourth-order valence-corrected chi connectivity index (χ4v) is 4.87. The second-order valence-electron chi connectivity index (χ2n) is 6.10. The van der Waals surface area contributed by atoms with E-state index in [1.807, 2.05) is 0 Å². The van der Waals surface area contributed by atoms with E-state index in [2.05, 4.69) is 10.3 Å². The first-order chi connectivity index (χ1) is 11.7. The maximum Gasteiger partial charge on any atom is 0.347 e. The molecule has 2 atom stereocenters. The lowest BCUT2D eigenvalue weighted by Crippen LogP contribution is -2.46. The minimum absolute atomic E-state index is 0.0219. The van der Waals surface area contributed by atoms with Gasteiger partial charge in [-0.15, -0.1) is 11.3 Å². The van der Waals surface area contributed by atoms with Gasteiger partial charge < -0.3 is 10.4 Å². The first-order valence-corrected chi connectivity index (χ1v) is 10.6. The molecule has 8 nitrogen and oxygen atoms in total. The number of aromatic carboxylic acids is 1. The molecule has 1 aromatic heterocycles. The largest absolute Gasteiger partial charge is 0.477 e. The van der Waals surface area contributed by atoms with Crippen LogP contribution >= 0.6 is 11.3 Å². The summed E-state index contributed by atoms with van der Waals surface area (Å²) in [4.78, 5) is 28.0. The summed E-state index contributed by atoms with van der Waals surface area (Å²) >= 11 is 1.04. The normalized spacial score (nSPS) is 20.2. The van der Waals surface area contributed by atoms with Crippen molar-refractivity contribution in [1.82, 2.24) is 14.6 Å². The molecule has 2 N–H and O–H groups in total. The first kappa shape index (κ1) is 19.8. The smallest absolute Gasteiger partial charge is 0.347 e. The van der Waals surface area contributed by atoms with E-state index in [0.717, 1.165) is 11.3 Å². The van der Waals surface area contributed by atoms with Gasteiger partial charge in [0.25, 0.3) is 0 Å². The highest BCUT2D eigenvalue weighted by atomic mass is 32.2. The van der Waals surface area contributed by atoms with Crippen LogP contribution in [-0.4, -0.2) is 53.5 Å². The van der Waals surface area contributed by atoms with Crippen LogP contribution in [-0.2, 0) is 14.8 Å². The van der Waals surface area contributed by atoms with Crippen LogP contribution in [0.2, 0.25) is 0 Å². The van der Waals surface area contributed by atoms with Crippen LogP contribution < -0.4 is 5.32 Å². The SMILES string of the molecule is CCS(=O)(=O)N1CCCC(C(=O)NC(C)c2nc(C)c(C(=O)O)s2)C1. The number of hydrogen-bond acceptors (Lipinski definition) is 6. The van der Waals surface area contributed by atoms with Crippen molar-refractivity contribution in [1.29, 1.82) is 0 Å².